The number of rotatable bonds is 5. The molecule has 2 aromatic heterocycles. The van der Waals surface area contributed by atoms with Crippen molar-refractivity contribution < 1.29 is 14.3 Å². The average Bonchev–Trinajstić information content (AvgIpc) is 3.48. The predicted octanol–water partition coefficient (Wildman–Crippen LogP) is 7.00. The molecule has 1 aliphatic carbocycles. The summed E-state index contributed by atoms with van der Waals surface area (Å²) in [7, 11) is 0. The van der Waals surface area contributed by atoms with Crippen LogP contribution < -0.4 is 5.32 Å². The highest BCUT2D eigenvalue weighted by atomic mass is 35.5. The first-order chi connectivity index (χ1) is 18.6. The third kappa shape index (κ3) is 5.78. The Morgan fingerprint density at radius 1 is 1.18 bits per heavy atom. The number of halogens is 2. The minimum absolute atomic E-state index is 0.0244. The quantitative estimate of drug-likeness (QED) is 0.349. The number of carbonyl (C=O) groups is 2. The van der Waals surface area contributed by atoms with Crippen molar-refractivity contribution in [2.75, 3.05) is 18.4 Å². The lowest BCUT2D eigenvalue weighted by molar-refractivity contribution is -0.117. The molecule has 0 spiro atoms. The van der Waals surface area contributed by atoms with E-state index in [1.54, 1.807) is 57.3 Å². The molecule has 1 fully saturated rings. The number of aliphatic imine (C=N–C) groups is 1. The molecule has 11 heteroatoms. The second-order valence-corrected chi connectivity index (χ2v) is 12.1. The number of hydrogen-bond acceptors (Lipinski definition) is 7. The van der Waals surface area contributed by atoms with E-state index in [4.69, 9.17) is 27.9 Å². The predicted molar refractivity (Wildman–Crippen MR) is 153 cm³/mol. The summed E-state index contributed by atoms with van der Waals surface area (Å²) in [6.45, 7) is 6.15. The number of amidine groups is 1. The van der Waals surface area contributed by atoms with E-state index < -0.39 is 11.7 Å². The molecule has 200 valence electrons. The van der Waals surface area contributed by atoms with Crippen molar-refractivity contribution in [3.63, 3.8) is 0 Å². The zero-order chi connectivity index (χ0) is 27.9. The molecular weight excluding hydrogens is 557 g/mol. The molecule has 39 heavy (non-hydrogen) atoms. The first kappa shape index (κ1) is 27.1. The first-order valence-corrected chi connectivity index (χ1v) is 14.0. The molecule has 3 aromatic rings. The second-order valence-electron chi connectivity index (χ2n) is 10.3. The van der Waals surface area contributed by atoms with Gasteiger partial charge in [-0.1, -0.05) is 29.3 Å². The standard InChI is InChI=1S/C28H25Cl2N5O3S/c1-28(2,3)38-27(37)35-11-10-33-25(35)24-22(18-7-6-17(29)13-20(18)30)19(14-31)23(39-24)16-8-9-32-21(12-16)34-26(36)15-4-5-15/h6-9,12-13,15H,4-5,10-11H2,1-3H3,(H,32,34,36). The summed E-state index contributed by atoms with van der Waals surface area (Å²) in [6, 6.07) is 10.9. The van der Waals surface area contributed by atoms with Gasteiger partial charge in [-0.15, -0.1) is 11.3 Å². The molecule has 1 aliphatic heterocycles. The van der Waals surface area contributed by atoms with Crippen molar-refractivity contribution >= 4 is 58.2 Å². The Hall–Kier alpha value is -3.45. The van der Waals surface area contributed by atoms with Gasteiger partial charge in [0.2, 0.25) is 5.91 Å². The lowest BCUT2D eigenvalue weighted by Gasteiger charge is -2.25. The average molecular weight is 583 g/mol. The number of amides is 2. The van der Waals surface area contributed by atoms with Crippen LogP contribution >= 0.6 is 34.5 Å². The maximum atomic E-state index is 13.1. The van der Waals surface area contributed by atoms with Crippen molar-refractivity contribution in [2.24, 2.45) is 10.9 Å². The molecule has 5 rings (SSSR count). The molecular formula is C28H25Cl2N5O3S. The van der Waals surface area contributed by atoms with E-state index in [9.17, 15) is 14.9 Å². The van der Waals surface area contributed by atoms with Crippen molar-refractivity contribution in [3.8, 4) is 27.6 Å². The lowest BCUT2D eigenvalue weighted by Crippen LogP contribution is -2.39. The van der Waals surface area contributed by atoms with Crippen LogP contribution in [0.25, 0.3) is 21.6 Å². The van der Waals surface area contributed by atoms with Crippen molar-refractivity contribution in [3.05, 3.63) is 57.0 Å². The number of ether oxygens (including phenoxy) is 1. The third-order valence-electron chi connectivity index (χ3n) is 6.10. The monoisotopic (exact) mass is 581 g/mol. The van der Waals surface area contributed by atoms with Gasteiger partial charge < -0.3 is 10.1 Å². The molecule has 1 N–H and O–H groups in total. The molecule has 0 atom stereocenters. The second kappa shape index (κ2) is 10.6. The largest absolute Gasteiger partial charge is 0.443 e. The number of hydrogen-bond donors (Lipinski definition) is 1. The van der Waals surface area contributed by atoms with Crippen LogP contribution in [0.4, 0.5) is 10.6 Å². The van der Waals surface area contributed by atoms with Crippen molar-refractivity contribution in [1.82, 2.24) is 9.88 Å². The normalized spacial score (nSPS) is 15.1. The number of carbonyl (C=O) groups excluding carboxylic acids is 2. The van der Waals surface area contributed by atoms with E-state index in [2.05, 4.69) is 21.4 Å². The fourth-order valence-corrected chi connectivity index (χ4v) is 5.98. The van der Waals surface area contributed by atoms with E-state index in [0.717, 1.165) is 12.8 Å². The number of thiophene rings is 1. The minimum Gasteiger partial charge on any atom is -0.443 e. The Morgan fingerprint density at radius 3 is 2.62 bits per heavy atom. The molecule has 1 saturated carbocycles. The van der Waals surface area contributed by atoms with Gasteiger partial charge in [0.15, 0.2) is 5.84 Å². The van der Waals surface area contributed by atoms with Gasteiger partial charge in [-0.2, -0.15) is 5.26 Å². The molecule has 2 aliphatic rings. The number of benzene rings is 1. The third-order valence-corrected chi connectivity index (χ3v) is 7.88. The van der Waals surface area contributed by atoms with Crippen LogP contribution in [0, 0.1) is 17.2 Å². The number of nitrogens with zero attached hydrogens (tertiary/aromatic N) is 4. The summed E-state index contributed by atoms with van der Waals surface area (Å²) in [4.78, 5) is 37.1. The molecule has 3 heterocycles. The summed E-state index contributed by atoms with van der Waals surface area (Å²) < 4.78 is 5.64. The number of nitriles is 1. The summed E-state index contributed by atoms with van der Waals surface area (Å²) in [6.07, 6.45) is 2.82. The summed E-state index contributed by atoms with van der Waals surface area (Å²) in [5.41, 5.74) is 1.50. The first-order valence-electron chi connectivity index (χ1n) is 12.4. The highest BCUT2D eigenvalue weighted by Gasteiger charge is 2.35. The zero-order valence-electron chi connectivity index (χ0n) is 21.5. The molecule has 0 bridgehead atoms. The van der Waals surface area contributed by atoms with Gasteiger partial charge >= 0.3 is 6.09 Å². The van der Waals surface area contributed by atoms with E-state index in [-0.39, 0.29) is 11.8 Å². The molecule has 8 nitrogen and oxygen atoms in total. The lowest BCUT2D eigenvalue weighted by atomic mass is 9.98. The van der Waals surface area contributed by atoms with Crippen LogP contribution in [0.1, 0.15) is 44.1 Å². The summed E-state index contributed by atoms with van der Waals surface area (Å²) in [5.74, 6) is 0.780. The molecule has 1 aromatic carbocycles. The SMILES string of the molecule is CC(C)(C)OC(=O)N1CCN=C1c1sc(-c2ccnc(NC(=O)C3CC3)c2)c(C#N)c1-c1ccc(Cl)cc1Cl. The minimum atomic E-state index is -0.691. The maximum Gasteiger partial charge on any atom is 0.416 e. The van der Waals surface area contributed by atoms with Crippen LogP contribution in [-0.2, 0) is 9.53 Å². The topological polar surface area (TPSA) is 108 Å². The van der Waals surface area contributed by atoms with Gasteiger partial charge in [-0.3, -0.25) is 14.7 Å². The smallest absolute Gasteiger partial charge is 0.416 e. The van der Waals surface area contributed by atoms with Gasteiger partial charge in [-0.25, -0.2) is 9.78 Å². The highest BCUT2D eigenvalue weighted by Crippen LogP contribution is 2.46. The summed E-state index contributed by atoms with van der Waals surface area (Å²) >= 11 is 14.1. The van der Waals surface area contributed by atoms with Gasteiger partial charge in [0.25, 0.3) is 0 Å². The van der Waals surface area contributed by atoms with E-state index in [0.29, 0.717) is 66.8 Å². The van der Waals surface area contributed by atoms with Crippen molar-refractivity contribution in [1.29, 1.82) is 5.26 Å². The maximum absolute atomic E-state index is 13.1. The number of aromatic nitrogens is 1. The molecule has 0 unspecified atom stereocenters. The number of nitrogens with one attached hydrogen (secondary N) is 1. The van der Waals surface area contributed by atoms with Crippen LogP contribution in [-0.4, -0.2) is 46.4 Å². The summed E-state index contributed by atoms with van der Waals surface area (Å²) in [5, 5.41) is 14.1. The van der Waals surface area contributed by atoms with E-state index in [1.165, 1.54) is 16.2 Å². The van der Waals surface area contributed by atoms with Crippen LogP contribution in [0.15, 0.2) is 41.5 Å². The van der Waals surface area contributed by atoms with Gasteiger partial charge in [-0.05, 0) is 63.4 Å². The van der Waals surface area contributed by atoms with Crippen LogP contribution in [0.5, 0.6) is 0 Å². The Labute approximate surface area is 240 Å². The van der Waals surface area contributed by atoms with Crippen LogP contribution in [0.3, 0.4) is 0 Å². The highest BCUT2D eigenvalue weighted by molar-refractivity contribution is 7.18. The van der Waals surface area contributed by atoms with E-state index in [1.807, 2.05) is 0 Å². The Kier molecular flexibility index (Phi) is 7.38. The zero-order valence-corrected chi connectivity index (χ0v) is 23.9. The van der Waals surface area contributed by atoms with E-state index >= 15 is 0 Å². The molecule has 0 radical (unpaired) electrons. The van der Waals surface area contributed by atoms with Gasteiger partial charge in [0.05, 0.1) is 28.4 Å². The fourth-order valence-electron chi connectivity index (χ4n) is 4.20. The molecule has 2 amide bonds. The van der Waals surface area contributed by atoms with Gasteiger partial charge in [0.1, 0.15) is 17.5 Å². The number of pyridine rings is 1. The molecule has 0 saturated heterocycles. The number of anilines is 1. The van der Waals surface area contributed by atoms with Crippen LogP contribution in [0.2, 0.25) is 10.0 Å². The van der Waals surface area contributed by atoms with Gasteiger partial charge in [0, 0.05) is 33.3 Å². The Morgan fingerprint density at radius 2 is 1.95 bits per heavy atom. The van der Waals surface area contributed by atoms with Crippen molar-refractivity contribution in [2.45, 2.75) is 39.2 Å². The Balaban J connectivity index is 1.65. The Bertz CT molecular complexity index is 1550. The fraction of sp³-hybridized carbons (Fsp3) is 0.321.